The van der Waals surface area contributed by atoms with Gasteiger partial charge in [-0.15, -0.1) is 0 Å². The highest BCUT2D eigenvalue weighted by molar-refractivity contribution is 6.41. The van der Waals surface area contributed by atoms with Crippen LogP contribution in [0.25, 0.3) is 5.53 Å². The number of Topliss-reactive ketones (excluding diaryl/α,β-unsaturated/α-hetero) is 2. The molecule has 0 radical (unpaired) electrons. The van der Waals surface area contributed by atoms with E-state index < -0.39 is 5.41 Å². The molecular weight excluding hydrogens is 312 g/mol. The van der Waals surface area contributed by atoms with Crippen molar-refractivity contribution in [2.45, 2.75) is 66.2 Å². The van der Waals surface area contributed by atoms with Gasteiger partial charge in [0.15, 0.2) is 0 Å². The summed E-state index contributed by atoms with van der Waals surface area (Å²) in [5.74, 6) is 1.83. The summed E-state index contributed by atoms with van der Waals surface area (Å²) >= 11 is 0. The van der Waals surface area contributed by atoms with Gasteiger partial charge in [-0.05, 0) is 57.3 Å². The number of allylic oxidation sites excluding steroid dienone is 2. The minimum absolute atomic E-state index is 0.0473. The van der Waals surface area contributed by atoms with Crippen molar-refractivity contribution < 1.29 is 14.4 Å². The van der Waals surface area contributed by atoms with E-state index in [0.717, 1.165) is 32.1 Å². The molecule has 5 atom stereocenters. The number of ketones is 2. The van der Waals surface area contributed by atoms with Gasteiger partial charge in [-0.3, -0.25) is 9.59 Å². The highest BCUT2D eigenvalue weighted by Gasteiger charge is 2.63. The van der Waals surface area contributed by atoms with Crippen LogP contribution in [0.15, 0.2) is 11.6 Å². The minimum Gasteiger partial charge on any atom is -0.361 e. The molecule has 3 fully saturated rings. The molecule has 0 amide bonds. The maximum absolute atomic E-state index is 12.7. The normalized spacial score (nSPS) is 45.2. The fraction of sp³-hybridized carbons (Fsp3) is 0.762. The zero-order valence-corrected chi connectivity index (χ0v) is 15.8. The second-order valence-electron chi connectivity index (χ2n) is 9.74. The van der Waals surface area contributed by atoms with Crippen molar-refractivity contribution in [2.75, 3.05) is 0 Å². The van der Waals surface area contributed by atoms with Gasteiger partial charge in [0.05, 0.1) is 11.8 Å². The number of carbonyl (C=O) groups is 2. The molecule has 25 heavy (non-hydrogen) atoms. The van der Waals surface area contributed by atoms with Crippen molar-refractivity contribution in [1.82, 2.24) is 0 Å². The zero-order chi connectivity index (χ0) is 18.2. The van der Waals surface area contributed by atoms with Gasteiger partial charge in [0.1, 0.15) is 5.78 Å². The number of fused-ring (bicyclic) bond motifs is 5. The van der Waals surface area contributed by atoms with E-state index in [2.05, 4.69) is 24.7 Å². The third kappa shape index (κ3) is 1.95. The molecule has 4 nitrogen and oxygen atoms in total. The molecule has 0 bridgehead atoms. The summed E-state index contributed by atoms with van der Waals surface area (Å²) in [6.45, 7) is 8.38. The second kappa shape index (κ2) is 5.01. The van der Waals surface area contributed by atoms with Gasteiger partial charge in [-0.1, -0.05) is 25.5 Å². The summed E-state index contributed by atoms with van der Waals surface area (Å²) in [5, 5.41) is 0. The Morgan fingerprint density at radius 2 is 1.76 bits per heavy atom. The van der Waals surface area contributed by atoms with Crippen LogP contribution in [-0.2, 0) is 9.59 Å². The third-order valence-electron chi connectivity index (χ3n) is 8.33. The molecule has 0 aliphatic heterocycles. The second-order valence-corrected chi connectivity index (χ2v) is 9.74. The molecule has 4 rings (SSSR count). The maximum atomic E-state index is 12.7. The summed E-state index contributed by atoms with van der Waals surface area (Å²) in [5.41, 5.74) is 10.1. The van der Waals surface area contributed by atoms with Crippen molar-refractivity contribution in [3.63, 3.8) is 0 Å². The van der Waals surface area contributed by atoms with Crippen molar-refractivity contribution in [2.24, 2.45) is 34.0 Å². The molecule has 0 heterocycles. The number of carbonyl (C=O) groups excluding carboxylic acids is 2. The van der Waals surface area contributed by atoms with Gasteiger partial charge >= 0.3 is 5.71 Å². The highest BCUT2D eigenvalue weighted by Crippen LogP contribution is 2.65. The Kier molecular flexibility index (Phi) is 3.38. The Balaban J connectivity index is 1.81. The van der Waals surface area contributed by atoms with Crippen LogP contribution in [0.3, 0.4) is 0 Å². The molecule has 4 heteroatoms. The molecule has 4 aliphatic rings. The summed E-state index contributed by atoms with van der Waals surface area (Å²) in [6, 6.07) is 0. The molecule has 4 aliphatic carbocycles. The summed E-state index contributed by atoms with van der Waals surface area (Å²) in [7, 11) is 0. The lowest BCUT2D eigenvalue weighted by atomic mass is 9.45. The summed E-state index contributed by atoms with van der Waals surface area (Å²) in [4.78, 5) is 28.6. The first-order valence-electron chi connectivity index (χ1n) is 9.66. The molecule has 3 saturated carbocycles. The van der Waals surface area contributed by atoms with Gasteiger partial charge in [-0.25, -0.2) is 0 Å². The smallest absolute Gasteiger partial charge is 0.336 e. The molecule has 0 aromatic carbocycles. The van der Waals surface area contributed by atoms with Crippen LogP contribution < -0.4 is 0 Å². The van der Waals surface area contributed by atoms with Crippen LogP contribution in [-0.4, -0.2) is 22.1 Å². The first-order chi connectivity index (χ1) is 11.7. The van der Waals surface area contributed by atoms with Crippen LogP contribution in [0.2, 0.25) is 0 Å². The van der Waals surface area contributed by atoms with E-state index in [1.54, 1.807) is 0 Å². The predicted molar refractivity (Wildman–Crippen MR) is 94.9 cm³/mol. The van der Waals surface area contributed by atoms with Gasteiger partial charge in [0.2, 0.25) is 5.78 Å². The average molecular weight is 340 g/mol. The SMILES string of the molecule is CC1(C)C(=O)C(=[N+]=[N-])C[C@@]2(C)C1=CC[C@@H]1[C@@H]2CC[C@]2(C)C(=O)CC[C@@H]12. The van der Waals surface area contributed by atoms with Crippen LogP contribution in [0.4, 0.5) is 0 Å². The predicted octanol–water partition coefficient (Wildman–Crippen LogP) is 4.00. The van der Waals surface area contributed by atoms with E-state index in [-0.39, 0.29) is 16.6 Å². The Morgan fingerprint density at radius 3 is 2.44 bits per heavy atom. The fourth-order valence-electron chi connectivity index (χ4n) is 7.05. The van der Waals surface area contributed by atoms with E-state index in [9.17, 15) is 15.1 Å². The van der Waals surface area contributed by atoms with Crippen molar-refractivity contribution in [3.05, 3.63) is 17.2 Å². The number of hydrogen-bond acceptors (Lipinski definition) is 2. The highest BCUT2D eigenvalue weighted by atomic mass is 16.1. The first kappa shape index (κ1) is 16.9. The summed E-state index contributed by atoms with van der Waals surface area (Å²) in [6.07, 6.45) is 7.52. The maximum Gasteiger partial charge on any atom is 0.336 e. The largest absolute Gasteiger partial charge is 0.361 e. The van der Waals surface area contributed by atoms with Crippen molar-refractivity contribution in [3.8, 4) is 0 Å². The minimum atomic E-state index is -0.605. The van der Waals surface area contributed by atoms with Crippen LogP contribution in [0.5, 0.6) is 0 Å². The Labute approximate surface area is 149 Å². The Bertz CT molecular complexity index is 758. The van der Waals surface area contributed by atoms with Gasteiger partial charge in [-0.2, -0.15) is 4.79 Å². The lowest BCUT2D eigenvalue weighted by Crippen LogP contribution is -2.56. The third-order valence-corrected chi connectivity index (χ3v) is 8.33. The number of hydrogen-bond donors (Lipinski definition) is 0. The molecule has 134 valence electrons. The average Bonchev–Trinajstić information content (AvgIpc) is 2.86. The Hall–Kier alpha value is -1.54. The van der Waals surface area contributed by atoms with E-state index in [0.29, 0.717) is 35.7 Å². The van der Waals surface area contributed by atoms with Gasteiger partial charge < -0.3 is 5.53 Å². The van der Waals surface area contributed by atoms with Gasteiger partial charge in [0.25, 0.3) is 0 Å². The fourth-order valence-corrected chi connectivity index (χ4v) is 7.05. The molecule has 0 aromatic rings. The lowest BCUT2D eigenvalue weighted by Gasteiger charge is -2.57. The monoisotopic (exact) mass is 340 g/mol. The van der Waals surface area contributed by atoms with Crippen LogP contribution in [0.1, 0.15) is 66.2 Å². The molecule has 0 saturated heterocycles. The number of rotatable bonds is 0. The molecule has 0 unspecified atom stereocenters. The van der Waals surface area contributed by atoms with Gasteiger partial charge in [0, 0.05) is 17.3 Å². The molecule has 0 aromatic heterocycles. The van der Waals surface area contributed by atoms with E-state index in [1.165, 1.54) is 5.57 Å². The van der Waals surface area contributed by atoms with Crippen LogP contribution >= 0.6 is 0 Å². The first-order valence-corrected chi connectivity index (χ1v) is 9.66. The van der Waals surface area contributed by atoms with Crippen LogP contribution in [0, 0.1) is 34.0 Å². The molecule has 0 N–H and O–H groups in total. The number of nitrogens with zero attached hydrogens (tertiary/aromatic N) is 2. The van der Waals surface area contributed by atoms with E-state index >= 15 is 0 Å². The van der Waals surface area contributed by atoms with E-state index in [1.807, 2.05) is 13.8 Å². The van der Waals surface area contributed by atoms with E-state index in [4.69, 9.17) is 0 Å². The quantitative estimate of drug-likeness (QED) is 0.380. The lowest BCUT2D eigenvalue weighted by molar-refractivity contribution is -0.133. The van der Waals surface area contributed by atoms with Crippen molar-refractivity contribution >= 4 is 17.3 Å². The topological polar surface area (TPSA) is 70.5 Å². The molecular formula is C21H28N2O2. The molecule has 0 spiro atoms. The van der Waals surface area contributed by atoms with Crippen molar-refractivity contribution in [1.29, 1.82) is 0 Å². The Morgan fingerprint density at radius 1 is 1.08 bits per heavy atom. The zero-order valence-electron chi connectivity index (χ0n) is 15.8. The summed E-state index contributed by atoms with van der Waals surface area (Å²) < 4.78 is 0. The standard InChI is InChI=1S/C21H28N2O2/c1-19(2)16-7-5-12-13-6-8-17(24)20(13,3)10-9-14(12)21(16,4)11-15(23-22)18(19)25/h7,12-14H,5-6,8-11H2,1-4H3/t12-,13-,14-,20-,21+/m0/s1.